The van der Waals surface area contributed by atoms with Crippen LogP contribution in [0.3, 0.4) is 0 Å². The third kappa shape index (κ3) is 4.53. The van der Waals surface area contributed by atoms with Gasteiger partial charge in [-0.2, -0.15) is 0 Å². The summed E-state index contributed by atoms with van der Waals surface area (Å²) in [4.78, 5) is 66.7. The molecule has 2 heterocycles. The molecule has 238 valence electrons. The normalized spacial score (nSPS) is 37.5. The van der Waals surface area contributed by atoms with Crippen molar-refractivity contribution in [1.82, 2.24) is 0 Å². The number of carbonyl (C=O) groups is 5. The second-order valence-corrected chi connectivity index (χ2v) is 13.4. The summed E-state index contributed by atoms with van der Waals surface area (Å²) in [6.45, 7) is 9.78. The molecule has 1 N–H and O–H groups in total. The molecule has 1 aromatic heterocycles. The Hall–Kier alpha value is -3.73. The van der Waals surface area contributed by atoms with Gasteiger partial charge in [-0.05, 0) is 44.2 Å². The molecule has 4 aliphatic rings. The van der Waals surface area contributed by atoms with Gasteiger partial charge in [0, 0.05) is 59.6 Å². The van der Waals surface area contributed by atoms with Crippen molar-refractivity contribution >= 4 is 29.7 Å². The van der Waals surface area contributed by atoms with Crippen LogP contribution in [0.1, 0.15) is 78.9 Å². The predicted octanol–water partition coefficient (Wildman–Crippen LogP) is 3.94. The van der Waals surface area contributed by atoms with Crippen LogP contribution in [0.25, 0.3) is 0 Å². The van der Waals surface area contributed by atoms with E-state index in [0.29, 0.717) is 24.0 Å². The molecule has 8 atom stereocenters. The Labute approximate surface area is 255 Å². The Kier molecular flexibility index (Phi) is 7.72. The number of carbonyl (C=O) groups excluding carboxylic acids is 5. The molecule has 0 spiro atoms. The fourth-order valence-electron chi connectivity index (χ4n) is 8.56. The first-order chi connectivity index (χ1) is 20.6. The number of hydrogen-bond donors (Lipinski definition) is 1. The van der Waals surface area contributed by atoms with Crippen molar-refractivity contribution in [2.45, 2.75) is 90.6 Å². The molecule has 0 saturated heterocycles. The number of ketones is 1. The maximum atomic E-state index is 14.7. The van der Waals surface area contributed by atoms with Crippen molar-refractivity contribution in [2.24, 2.45) is 28.6 Å². The number of ether oxygens (including phenoxy) is 4. The van der Waals surface area contributed by atoms with E-state index in [1.165, 1.54) is 25.7 Å². The second kappa shape index (κ2) is 10.7. The summed E-state index contributed by atoms with van der Waals surface area (Å²) in [6.07, 6.45) is 3.68. The summed E-state index contributed by atoms with van der Waals surface area (Å²) >= 11 is 0. The average molecular weight is 613 g/mol. The summed E-state index contributed by atoms with van der Waals surface area (Å²) < 4.78 is 28.1. The smallest absolute Gasteiger partial charge is 0.333 e. The molecule has 5 rings (SSSR count). The van der Waals surface area contributed by atoms with E-state index in [1.807, 2.05) is 6.92 Å². The van der Waals surface area contributed by atoms with Gasteiger partial charge in [-0.1, -0.05) is 26.8 Å². The number of aliphatic hydroxyl groups is 1. The van der Waals surface area contributed by atoms with Crippen molar-refractivity contribution in [3.8, 4) is 0 Å². The minimum absolute atomic E-state index is 0.213. The number of esters is 4. The highest BCUT2D eigenvalue weighted by Crippen LogP contribution is 2.68. The predicted molar refractivity (Wildman–Crippen MR) is 152 cm³/mol. The topological polar surface area (TPSA) is 156 Å². The summed E-state index contributed by atoms with van der Waals surface area (Å²) in [5.41, 5.74) is -4.82. The Balaban J connectivity index is 1.75. The van der Waals surface area contributed by atoms with Crippen molar-refractivity contribution < 1.29 is 52.4 Å². The molecule has 0 amide bonds. The fourth-order valence-corrected chi connectivity index (χ4v) is 8.56. The largest absolute Gasteiger partial charge is 0.472 e. The standard InChI is InChI=1S/C33H40O11/c1-8-17(2)28(38)43-29-30(4,5)21(13-23(35)40-7)25-20-9-11-31(6)22(14-24(36)42-27(31)19-10-12-41-15-19)32(20,39)16-33(29,26(25)37)44-18(3)34/h8,10,12,14-15,20-21,25,27,29,39H,9,11,13,16H2,1-7H3/b17-8+/t20-,21-,25-,27+,29+,31-,32+,33+/m1/s1. The lowest BCUT2D eigenvalue weighted by Crippen LogP contribution is -2.77. The quantitative estimate of drug-likeness (QED) is 0.282. The number of furan rings is 1. The number of hydrogen-bond acceptors (Lipinski definition) is 11. The van der Waals surface area contributed by atoms with E-state index in [1.54, 1.807) is 39.8 Å². The van der Waals surface area contributed by atoms with Gasteiger partial charge >= 0.3 is 23.9 Å². The molecule has 2 bridgehead atoms. The lowest BCUT2D eigenvalue weighted by atomic mass is 9.41. The first-order valence-electron chi connectivity index (χ1n) is 14.9. The van der Waals surface area contributed by atoms with E-state index in [0.717, 1.165) is 6.92 Å². The van der Waals surface area contributed by atoms with Gasteiger partial charge in [-0.25, -0.2) is 9.59 Å². The lowest BCUT2D eigenvalue weighted by Gasteiger charge is -2.66. The van der Waals surface area contributed by atoms with Crippen LogP contribution in [-0.2, 0) is 42.9 Å². The van der Waals surface area contributed by atoms with Crippen LogP contribution in [0.15, 0.2) is 46.3 Å². The van der Waals surface area contributed by atoms with Crippen LogP contribution < -0.4 is 0 Å². The molecule has 1 aromatic rings. The van der Waals surface area contributed by atoms with E-state index in [9.17, 15) is 29.1 Å². The van der Waals surface area contributed by atoms with Crippen LogP contribution in [-0.4, -0.2) is 59.2 Å². The molecule has 11 heteroatoms. The van der Waals surface area contributed by atoms with Crippen molar-refractivity contribution in [3.63, 3.8) is 0 Å². The number of methoxy groups -OCH3 is 1. The third-order valence-electron chi connectivity index (χ3n) is 10.7. The molecule has 3 aliphatic carbocycles. The number of cyclic esters (lactones) is 1. The minimum Gasteiger partial charge on any atom is -0.472 e. The van der Waals surface area contributed by atoms with Crippen LogP contribution in [0, 0.1) is 28.6 Å². The van der Waals surface area contributed by atoms with E-state index < -0.39 is 88.1 Å². The van der Waals surface area contributed by atoms with Crippen LogP contribution in [0.2, 0.25) is 0 Å². The van der Waals surface area contributed by atoms with Gasteiger partial charge in [0.2, 0.25) is 5.60 Å². The SMILES string of the molecule is C/C=C(\C)C(=O)O[C@H]1C(C)(C)[C@H](CC(=O)OC)[C@@H]2C(=O)[C@@]1(OC(C)=O)C[C@@]1(O)C3=CC(=O)O[C@@H](c4ccoc4)[C@]3(C)CC[C@H]21. The van der Waals surface area contributed by atoms with Crippen LogP contribution in [0.5, 0.6) is 0 Å². The summed E-state index contributed by atoms with van der Waals surface area (Å²) in [5, 5.41) is 13.0. The average Bonchev–Trinajstić information content (AvgIpc) is 3.49. The van der Waals surface area contributed by atoms with Gasteiger partial charge in [0.25, 0.3) is 0 Å². The number of allylic oxidation sites excluding steroid dienone is 1. The first-order valence-corrected chi connectivity index (χ1v) is 14.9. The molecule has 44 heavy (non-hydrogen) atoms. The van der Waals surface area contributed by atoms with Gasteiger partial charge in [-0.15, -0.1) is 0 Å². The van der Waals surface area contributed by atoms with E-state index in [2.05, 4.69) is 0 Å². The summed E-state index contributed by atoms with van der Waals surface area (Å²) in [5.74, 6) is -5.87. The molecule has 3 fully saturated rings. The highest BCUT2D eigenvalue weighted by atomic mass is 16.6. The van der Waals surface area contributed by atoms with Gasteiger partial charge in [0.15, 0.2) is 11.9 Å². The molecule has 0 radical (unpaired) electrons. The Morgan fingerprint density at radius 2 is 1.86 bits per heavy atom. The maximum absolute atomic E-state index is 14.7. The molecular weight excluding hydrogens is 572 g/mol. The molecule has 11 nitrogen and oxygen atoms in total. The molecule has 0 unspecified atom stereocenters. The highest BCUT2D eigenvalue weighted by Gasteiger charge is 2.76. The van der Waals surface area contributed by atoms with Gasteiger partial charge in [0.05, 0.1) is 25.2 Å². The number of fused-ring (bicyclic) bond motifs is 6. The minimum atomic E-state index is -2.12. The van der Waals surface area contributed by atoms with Gasteiger partial charge in [-0.3, -0.25) is 14.4 Å². The van der Waals surface area contributed by atoms with E-state index >= 15 is 0 Å². The Morgan fingerprint density at radius 3 is 2.45 bits per heavy atom. The summed E-state index contributed by atoms with van der Waals surface area (Å²) in [6, 6.07) is 1.69. The van der Waals surface area contributed by atoms with Crippen molar-refractivity contribution in [1.29, 1.82) is 0 Å². The molecular formula is C33H40O11. The number of Topliss-reactive ketones (excluding diaryl/α,β-unsaturated/α-hetero) is 1. The first kappa shape index (κ1) is 31.7. The highest BCUT2D eigenvalue weighted by molar-refractivity contribution is 5.97. The fraction of sp³-hybridized carbons (Fsp3) is 0.606. The van der Waals surface area contributed by atoms with E-state index in [-0.39, 0.29) is 12.0 Å². The van der Waals surface area contributed by atoms with Gasteiger partial charge in [0.1, 0.15) is 6.10 Å². The Bertz CT molecular complexity index is 1450. The van der Waals surface area contributed by atoms with Gasteiger partial charge < -0.3 is 28.5 Å². The van der Waals surface area contributed by atoms with E-state index in [4.69, 9.17) is 23.4 Å². The second-order valence-electron chi connectivity index (χ2n) is 13.4. The summed E-state index contributed by atoms with van der Waals surface area (Å²) in [7, 11) is 1.24. The molecule has 3 saturated carbocycles. The molecule has 0 aromatic carbocycles. The Morgan fingerprint density at radius 1 is 1.16 bits per heavy atom. The zero-order chi connectivity index (χ0) is 32.4. The third-order valence-corrected chi connectivity index (χ3v) is 10.7. The van der Waals surface area contributed by atoms with Crippen LogP contribution >= 0.6 is 0 Å². The monoisotopic (exact) mass is 612 g/mol. The lowest BCUT2D eigenvalue weighted by molar-refractivity contribution is -0.261. The zero-order valence-electron chi connectivity index (χ0n) is 26.1. The van der Waals surface area contributed by atoms with Crippen LogP contribution in [0.4, 0.5) is 0 Å². The number of rotatable bonds is 6. The van der Waals surface area contributed by atoms with Crippen molar-refractivity contribution in [2.75, 3.05) is 7.11 Å². The molecule has 1 aliphatic heterocycles. The van der Waals surface area contributed by atoms with Crippen molar-refractivity contribution in [3.05, 3.63) is 47.5 Å². The zero-order valence-corrected chi connectivity index (χ0v) is 26.1. The maximum Gasteiger partial charge on any atom is 0.333 e.